The molecule has 1 aliphatic rings. The Hall–Kier alpha value is -2.31. The van der Waals surface area contributed by atoms with E-state index >= 15 is 0 Å². The van der Waals surface area contributed by atoms with Crippen LogP contribution >= 0.6 is 11.6 Å². The molecule has 0 N–H and O–H groups in total. The summed E-state index contributed by atoms with van der Waals surface area (Å²) in [7, 11) is 3.18. The Morgan fingerprint density at radius 2 is 1.96 bits per heavy atom. The smallest absolute Gasteiger partial charge is 0.330 e. The van der Waals surface area contributed by atoms with Crippen LogP contribution in [-0.4, -0.2) is 26.4 Å². The van der Waals surface area contributed by atoms with Crippen LogP contribution < -0.4 is 11.2 Å². The summed E-state index contributed by atoms with van der Waals surface area (Å²) in [6, 6.07) is 7.45. The topological polar surface area (TPSA) is 58.2 Å². The minimum Gasteiger partial charge on any atom is -0.376 e. The van der Waals surface area contributed by atoms with Crippen LogP contribution in [0.4, 0.5) is 0 Å². The SMILES string of the molecule is Cn1c(=O)c2c(-c3ccccc3Cl)n(C[C@@H]3CCCO3)cc2n(C)c1=O. The number of benzene rings is 1. The predicted octanol–water partition coefficient (Wildman–Crippen LogP) is 2.54. The molecule has 0 radical (unpaired) electrons. The van der Waals surface area contributed by atoms with Gasteiger partial charge in [-0.15, -0.1) is 0 Å². The molecule has 3 heterocycles. The van der Waals surface area contributed by atoms with Crippen LogP contribution in [-0.2, 0) is 25.4 Å². The summed E-state index contributed by atoms with van der Waals surface area (Å²) in [6.45, 7) is 1.37. The van der Waals surface area contributed by atoms with E-state index in [9.17, 15) is 9.59 Å². The highest BCUT2D eigenvalue weighted by molar-refractivity contribution is 6.33. The zero-order valence-corrected chi connectivity index (χ0v) is 15.5. The fourth-order valence-corrected chi connectivity index (χ4v) is 3.91. The molecule has 26 heavy (non-hydrogen) atoms. The van der Waals surface area contributed by atoms with E-state index in [-0.39, 0.29) is 17.4 Å². The van der Waals surface area contributed by atoms with E-state index in [4.69, 9.17) is 16.3 Å². The Balaban J connectivity index is 2.06. The van der Waals surface area contributed by atoms with Gasteiger partial charge in [-0.05, 0) is 18.9 Å². The second-order valence-electron chi connectivity index (χ2n) is 6.71. The fraction of sp³-hybridized carbons (Fsp3) is 0.368. The van der Waals surface area contributed by atoms with Gasteiger partial charge in [-0.3, -0.25) is 13.9 Å². The van der Waals surface area contributed by atoms with E-state index in [1.165, 1.54) is 11.6 Å². The summed E-state index contributed by atoms with van der Waals surface area (Å²) in [5.74, 6) is 0. The highest BCUT2D eigenvalue weighted by atomic mass is 35.5. The van der Waals surface area contributed by atoms with Gasteiger partial charge in [0.05, 0.1) is 22.7 Å². The molecular formula is C19H20ClN3O3. The largest absolute Gasteiger partial charge is 0.376 e. The third kappa shape index (κ3) is 2.61. The molecule has 1 saturated heterocycles. The maximum atomic E-state index is 12.9. The van der Waals surface area contributed by atoms with Crippen LogP contribution in [0.5, 0.6) is 0 Å². The van der Waals surface area contributed by atoms with Gasteiger partial charge in [0.25, 0.3) is 5.56 Å². The molecule has 1 atom stereocenters. The van der Waals surface area contributed by atoms with E-state index in [1.54, 1.807) is 13.1 Å². The average Bonchev–Trinajstić information content (AvgIpc) is 3.27. The molecule has 4 rings (SSSR count). The van der Waals surface area contributed by atoms with Crippen LogP contribution in [0.15, 0.2) is 40.1 Å². The second kappa shape index (κ2) is 6.45. The van der Waals surface area contributed by atoms with E-state index in [0.717, 1.165) is 35.3 Å². The first-order valence-electron chi connectivity index (χ1n) is 8.64. The first-order valence-corrected chi connectivity index (χ1v) is 9.02. The number of ether oxygens (including phenoxy) is 1. The van der Waals surface area contributed by atoms with E-state index in [1.807, 2.05) is 29.0 Å². The molecule has 0 bridgehead atoms. The van der Waals surface area contributed by atoms with Gasteiger partial charge in [0, 0.05) is 44.0 Å². The molecule has 0 spiro atoms. The fourth-order valence-electron chi connectivity index (χ4n) is 3.68. The number of halogens is 1. The van der Waals surface area contributed by atoms with E-state index < -0.39 is 0 Å². The van der Waals surface area contributed by atoms with E-state index in [2.05, 4.69) is 0 Å². The van der Waals surface area contributed by atoms with Crippen molar-refractivity contribution in [1.82, 2.24) is 13.7 Å². The highest BCUT2D eigenvalue weighted by Crippen LogP contribution is 2.33. The summed E-state index contributed by atoms with van der Waals surface area (Å²) in [4.78, 5) is 25.3. The van der Waals surface area contributed by atoms with Crippen molar-refractivity contribution in [3.63, 3.8) is 0 Å². The minimum absolute atomic E-state index is 0.0962. The summed E-state index contributed by atoms with van der Waals surface area (Å²) in [6.07, 6.45) is 3.97. The lowest BCUT2D eigenvalue weighted by atomic mass is 10.1. The predicted molar refractivity (Wildman–Crippen MR) is 102 cm³/mol. The lowest BCUT2D eigenvalue weighted by molar-refractivity contribution is 0.0975. The van der Waals surface area contributed by atoms with Crippen molar-refractivity contribution in [2.24, 2.45) is 14.1 Å². The number of aryl methyl sites for hydroxylation is 1. The molecule has 0 aliphatic carbocycles. The molecule has 2 aromatic heterocycles. The Morgan fingerprint density at radius 1 is 1.19 bits per heavy atom. The number of hydrogen-bond donors (Lipinski definition) is 0. The van der Waals surface area contributed by atoms with Gasteiger partial charge in [-0.25, -0.2) is 4.79 Å². The van der Waals surface area contributed by atoms with Crippen molar-refractivity contribution in [2.75, 3.05) is 6.61 Å². The van der Waals surface area contributed by atoms with E-state index in [0.29, 0.717) is 22.5 Å². The normalized spacial score (nSPS) is 17.3. The maximum Gasteiger partial charge on any atom is 0.330 e. The van der Waals surface area contributed by atoms with Gasteiger partial charge in [0.2, 0.25) is 0 Å². The van der Waals surface area contributed by atoms with Crippen molar-refractivity contribution in [3.8, 4) is 11.3 Å². The monoisotopic (exact) mass is 373 g/mol. The number of aromatic nitrogens is 3. The minimum atomic E-state index is -0.345. The quantitative estimate of drug-likeness (QED) is 0.709. The molecule has 1 aromatic carbocycles. The molecule has 6 nitrogen and oxygen atoms in total. The van der Waals surface area contributed by atoms with Crippen LogP contribution in [0, 0.1) is 0 Å². The number of rotatable bonds is 3. The molecule has 0 saturated carbocycles. The maximum absolute atomic E-state index is 12.9. The first kappa shape index (κ1) is 17.1. The number of fused-ring (bicyclic) bond motifs is 1. The van der Waals surface area contributed by atoms with Gasteiger partial charge in [0.15, 0.2) is 0 Å². The lowest BCUT2D eigenvalue weighted by Gasteiger charge is -2.15. The highest BCUT2D eigenvalue weighted by Gasteiger charge is 2.23. The molecular weight excluding hydrogens is 354 g/mol. The third-order valence-electron chi connectivity index (χ3n) is 5.07. The van der Waals surface area contributed by atoms with Gasteiger partial charge in [0.1, 0.15) is 0 Å². The Labute approximate surface area is 155 Å². The van der Waals surface area contributed by atoms with Gasteiger partial charge < -0.3 is 9.30 Å². The Bertz CT molecular complexity index is 1100. The molecule has 1 fully saturated rings. The third-order valence-corrected chi connectivity index (χ3v) is 5.39. The van der Waals surface area contributed by atoms with Crippen LogP contribution in [0.1, 0.15) is 12.8 Å². The molecule has 3 aromatic rings. The Kier molecular flexibility index (Phi) is 4.25. The van der Waals surface area contributed by atoms with Gasteiger partial charge in [-0.1, -0.05) is 29.8 Å². The van der Waals surface area contributed by atoms with Crippen molar-refractivity contribution in [2.45, 2.75) is 25.5 Å². The summed E-state index contributed by atoms with van der Waals surface area (Å²) in [5, 5.41) is 1.07. The molecule has 136 valence electrons. The zero-order valence-electron chi connectivity index (χ0n) is 14.7. The molecule has 7 heteroatoms. The molecule has 0 unspecified atom stereocenters. The van der Waals surface area contributed by atoms with Crippen molar-refractivity contribution in [3.05, 3.63) is 56.3 Å². The van der Waals surface area contributed by atoms with Crippen molar-refractivity contribution >= 4 is 22.5 Å². The van der Waals surface area contributed by atoms with Gasteiger partial charge in [-0.2, -0.15) is 0 Å². The zero-order chi connectivity index (χ0) is 18.4. The van der Waals surface area contributed by atoms with Crippen molar-refractivity contribution in [1.29, 1.82) is 0 Å². The second-order valence-corrected chi connectivity index (χ2v) is 7.12. The first-order chi connectivity index (χ1) is 12.5. The van der Waals surface area contributed by atoms with Gasteiger partial charge >= 0.3 is 5.69 Å². The van der Waals surface area contributed by atoms with Crippen molar-refractivity contribution < 1.29 is 4.74 Å². The number of nitrogens with zero attached hydrogens (tertiary/aromatic N) is 3. The lowest BCUT2D eigenvalue weighted by Crippen LogP contribution is -2.36. The standard InChI is InChI=1S/C19H20ClN3O3/c1-21-15-11-23(10-12-6-5-9-26-12)17(13-7-3-4-8-14(13)20)16(15)18(24)22(2)19(21)25/h3-4,7-8,11-12H,5-6,9-10H2,1-2H3/t12-/m0/s1. The Morgan fingerprint density at radius 3 is 2.65 bits per heavy atom. The summed E-state index contributed by atoms with van der Waals surface area (Å²) in [5.41, 5.74) is 1.45. The molecule has 0 amide bonds. The summed E-state index contributed by atoms with van der Waals surface area (Å²) < 4.78 is 10.4. The summed E-state index contributed by atoms with van der Waals surface area (Å²) >= 11 is 6.45. The van der Waals surface area contributed by atoms with Crippen LogP contribution in [0.25, 0.3) is 22.2 Å². The van der Waals surface area contributed by atoms with Crippen LogP contribution in [0.3, 0.4) is 0 Å². The number of hydrogen-bond acceptors (Lipinski definition) is 3. The average molecular weight is 374 g/mol. The molecule has 1 aliphatic heterocycles. The van der Waals surface area contributed by atoms with Crippen LogP contribution in [0.2, 0.25) is 5.02 Å².